The van der Waals surface area contributed by atoms with Crippen molar-refractivity contribution >= 4 is 0 Å². The van der Waals surface area contributed by atoms with Crippen molar-refractivity contribution in [2.75, 3.05) is 32.8 Å². The summed E-state index contributed by atoms with van der Waals surface area (Å²) in [4.78, 5) is 2.46. The van der Waals surface area contributed by atoms with Crippen LogP contribution in [0.15, 0.2) is 23.8 Å². The van der Waals surface area contributed by atoms with E-state index in [-0.39, 0.29) is 0 Å². The van der Waals surface area contributed by atoms with Crippen LogP contribution >= 0.6 is 0 Å². The molecule has 1 fully saturated rings. The van der Waals surface area contributed by atoms with Gasteiger partial charge in [0.2, 0.25) is 0 Å². The molecule has 0 radical (unpaired) electrons. The van der Waals surface area contributed by atoms with Gasteiger partial charge in [-0.25, -0.2) is 0 Å². The van der Waals surface area contributed by atoms with Gasteiger partial charge in [-0.05, 0) is 6.42 Å². The number of nitrogens with zero attached hydrogens (tertiary/aromatic N) is 1. The molecule has 2 heteroatoms. The van der Waals surface area contributed by atoms with E-state index in [1.54, 1.807) is 0 Å². The van der Waals surface area contributed by atoms with Gasteiger partial charge in [-0.2, -0.15) is 0 Å². The fourth-order valence-corrected chi connectivity index (χ4v) is 1.66. The summed E-state index contributed by atoms with van der Waals surface area (Å²) >= 11 is 0. The average molecular weight is 165 g/mol. The molecule has 2 nitrogen and oxygen atoms in total. The molecule has 0 amide bonds. The standard InChI is InChI=1S/C10H15NO/c1-2-4-10(3-1)9-11-5-7-12-8-6-11/h1-3H,4-9H2. The lowest BCUT2D eigenvalue weighted by Crippen LogP contribution is -2.37. The molecule has 12 heavy (non-hydrogen) atoms. The quantitative estimate of drug-likeness (QED) is 0.609. The van der Waals surface area contributed by atoms with E-state index >= 15 is 0 Å². The maximum atomic E-state index is 5.29. The molecule has 1 saturated heterocycles. The van der Waals surface area contributed by atoms with E-state index in [1.807, 2.05) is 0 Å². The number of morpholine rings is 1. The van der Waals surface area contributed by atoms with Crippen molar-refractivity contribution in [1.82, 2.24) is 4.90 Å². The van der Waals surface area contributed by atoms with Crippen LogP contribution in [0.4, 0.5) is 0 Å². The third-order valence-corrected chi connectivity index (χ3v) is 2.38. The van der Waals surface area contributed by atoms with Crippen LogP contribution in [0.5, 0.6) is 0 Å². The largest absolute Gasteiger partial charge is 0.379 e. The van der Waals surface area contributed by atoms with Gasteiger partial charge >= 0.3 is 0 Å². The van der Waals surface area contributed by atoms with Gasteiger partial charge in [0.15, 0.2) is 0 Å². The predicted molar refractivity (Wildman–Crippen MR) is 49.1 cm³/mol. The van der Waals surface area contributed by atoms with Crippen molar-refractivity contribution in [3.05, 3.63) is 23.8 Å². The van der Waals surface area contributed by atoms with E-state index in [1.165, 1.54) is 5.57 Å². The van der Waals surface area contributed by atoms with Crippen LogP contribution in [0, 0.1) is 0 Å². The van der Waals surface area contributed by atoms with Crippen molar-refractivity contribution in [1.29, 1.82) is 0 Å². The predicted octanol–water partition coefficient (Wildman–Crippen LogP) is 1.20. The van der Waals surface area contributed by atoms with Crippen molar-refractivity contribution in [2.24, 2.45) is 0 Å². The van der Waals surface area contributed by atoms with Gasteiger partial charge in [0.1, 0.15) is 0 Å². The Morgan fingerprint density at radius 2 is 2.17 bits per heavy atom. The van der Waals surface area contributed by atoms with Gasteiger partial charge in [-0.3, -0.25) is 4.90 Å². The summed E-state index contributed by atoms with van der Waals surface area (Å²) in [6, 6.07) is 0. The summed E-state index contributed by atoms with van der Waals surface area (Å²) in [5.41, 5.74) is 1.54. The van der Waals surface area contributed by atoms with Crippen LogP contribution in [0.2, 0.25) is 0 Å². The molecular formula is C10H15NO. The first-order valence-electron chi connectivity index (χ1n) is 4.60. The number of hydrogen-bond acceptors (Lipinski definition) is 2. The lowest BCUT2D eigenvalue weighted by molar-refractivity contribution is 0.0421. The molecule has 1 aliphatic heterocycles. The highest BCUT2D eigenvalue weighted by Crippen LogP contribution is 2.12. The summed E-state index contributed by atoms with van der Waals surface area (Å²) in [6.07, 6.45) is 7.75. The molecule has 0 aromatic rings. The third-order valence-electron chi connectivity index (χ3n) is 2.38. The molecule has 2 aliphatic rings. The van der Waals surface area contributed by atoms with Crippen molar-refractivity contribution < 1.29 is 4.74 Å². The second-order valence-corrected chi connectivity index (χ2v) is 3.35. The zero-order valence-electron chi connectivity index (χ0n) is 7.33. The number of ether oxygens (including phenoxy) is 1. The first-order chi connectivity index (χ1) is 5.95. The normalized spacial score (nSPS) is 24.5. The first-order valence-corrected chi connectivity index (χ1v) is 4.60. The Morgan fingerprint density at radius 3 is 2.83 bits per heavy atom. The first kappa shape index (κ1) is 8.02. The summed E-state index contributed by atoms with van der Waals surface area (Å²) in [5, 5.41) is 0. The highest BCUT2D eigenvalue weighted by atomic mass is 16.5. The lowest BCUT2D eigenvalue weighted by Gasteiger charge is -2.26. The average Bonchev–Trinajstić information content (AvgIpc) is 2.59. The molecule has 1 aliphatic carbocycles. The van der Waals surface area contributed by atoms with E-state index in [9.17, 15) is 0 Å². The molecule has 0 saturated carbocycles. The summed E-state index contributed by atoms with van der Waals surface area (Å²) in [5.74, 6) is 0. The highest BCUT2D eigenvalue weighted by molar-refractivity contribution is 5.24. The molecule has 0 N–H and O–H groups in total. The van der Waals surface area contributed by atoms with Crippen molar-refractivity contribution in [3.63, 3.8) is 0 Å². The minimum Gasteiger partial charge on any atom is -0.379 e. The molecule has 0 aromatic heterocycles. The zero-order valence-corrected chi connectivity index (χ0v) is 7.33. The van der Waals surface area contributed by atoms with Crippen LogP contribution in [0.3, 0.4) is 0 Å². The van der Waals surface area contributed by atoms with Gasteiger partial charge in [0.25, 0.3) is 0 Å². The number of hydrogen-bond donors (Lipinski definition) is 0. The highest BCUT2D eigenvalue weighted by Gasteiger charge is 2.11. The van der Waals surface area contributed by atoms with Gasteiger partial charge in [-0.15, -0.1) is 0 Å². The van der Waals surface area contributed by atoms with Gasteiger partial charge in [0.05, 0.1) is 13.2 Å². The Morgan fingerprint density at radius 1 is 1.33 bits per heavy atom. The zero-order chi connectivity index (χ0) is 8.23. The topological polar surface area (TPSA) is 12.5 Å². The van der Waals surface area contributed by atoms with Gasteiger partial charge < -0.3 is 4.74 Å². The second-order valence-electron chi connectivity index (χ2n) is 3.35. The maximum absolute atomic E-state index is 5.29. The van der Waals surface area contributed by atoms with E-state index < -0.39 is 0 Å². The summed E-state index contributed by atoms with van der Waals surface area (Å²) in [6.45, 7) is 5.13. The monoisotopic (exact) mass is 165 g/mol. The molecule has 2 rings (SSSR count). The minimum absolute atomic E-state index is 0.903. The molecule has 0 atom stereocenters. The molecule has 66 valence electrons. The number of rotatable bonds is 2. The summed E-state index contributed by atoms with van der Waals surface area (Å²) < 4.78 is 5.29. The summed E-state index contributed by atoms with van der Waals surface area (Å²) in [7, 11) is 0. The molecule has 0 bridgehead atoms. The van der Waals surface area contributed by atoms with Crippen molar-refractivity contribution in [2.45, 2.75) is 6.42 Å². The SMILES string of the molecule is C1=CCC(CN2CCOCC2)=C1. The van der Waals surface area contributed by atoms with E-state index in [0.717, 1.165) is 39.3 Å². The van der Waals surface area contributed by atoms with Crippen LogP contribution in [0.25, 0.3) is 0 Å². The van der Waals surface area contributed by atoms with E-state index in [2.05, 4.69) is 23.1 Å². The molecular weight excluding hydrogens is 150 g/mol. The Bertz CT molecular complexity index is 202. The Kier molecular flexibility index (Phi) is 2.59. The molecule has 0 unspecified atom stereocenters. The van der Waals surface area contributed by atoms with Crippen molar-refractivity contribution in [3.8, 4) is 0 Å². The fourth-order valence-electron chi connectivity index (χ4n) is 1.66. The Balaban J connectivity index is 1.78. The van der Waals surface area contributed by atoms with E-state index in [4.69, 9.17) is 4.74 Å². The Hall–Kier alpha value is -0.600. The van der Waals surface area contributed by atoms with Crippen LogP contribution in [-0.4, -0.2) is 37.7 Å². The smallest absolute Gasteiger partial charge is 0.0594 e. The molecule has 0 aromatic carbocycles. The molecule has 0 spiro atoms. The van der Waals surface area contributed by atoms with E-state index in [0.29, 0.717) is 0 Å². The van der Waals surface area contributed by atoms with Crippen LogP contribution < -0.4 is 0 Å². The number of allylic oxidation sites excluding steroid dienone is 3. The third kappa shape index (κ3) is 1.96. The minimum atomic E-state index is 0.903. The van der Waals surface area contributed by atoms with Crippen LogP contribution in [0.1, 0.15) is 6.42 Å². The Labute approximate surface area is 73.5 Å². The van der Waals surface area contributed by atoms with Crippen LogP contribution in [-0.2, 0) is 4.74 Å². The van der Waals surface area contributed by atoms with Gasteiger partial charge in [0, 0.05) is 19.6 Å². The fraction of sp³-hybridized carbons (Fsp3) is 0.600. The van der Waals surface area contributed by atoms with Gasteiger partial charge in [-0.1, -0.05) is 23.8 Å². The molecule has 1 heterocycles. The lowest BCUT2D eigenvalue weighted by atomic mass is 10.2. The maximum Gasteiger partial charge on any atom is 0.0594 e. The second kappa shape index (κ2) is 3.87.